The summed E-state index contributed by atoms with van der Waals surface area (Å²) < 4.78 is 13.4. The number of anilines is 1. The first kappa shape index (κ1) is 11.9. The van der Waals surface area contributed by atoms with E-state index in [1.165, 1.54) is 25.0 Å². The van der Waals surface area contributed by atoms with Crippen LogP contribution in [0, 0.1) is 17.7 Å². The van der Waals surface area contributed by atoms with Crippen molar-refractivity contribution in [1.82, 2.24) is 0 Å². The topological polar surface area (TPSA) is 49.3 Å². The maximum absolute atomic E-state index is 13.4. The maximum Gasteiger partial charge on any atom is 0.340 e. The van der Waals surface area contributed by atoms with Crippen LogP contribution >= 0.6 is 0 Å². The molecule has 0 saturated heterocycles. The molecule has 1 unspecified atom stereocenters. The Morgan fingerprint density at radius 2 is 2.29 bits per heavy atom. The summed E-state index contributed by atoms with van der Waals surface area (Å²) >= 11 is 0. The monoisotopic (exact) mass is 237 g/mol. The molecule has 1 aromatic carbocycles. The summed E-state index contributed by atoms with van der Waals surface area (Å²) in [7, 11) is 0. The van der Waals surface area contributed by atoms with Crippen LogP contribution in [0.1, 0.15) is 30.1 Å². The molecule has 1 atom stereocenters. The van der Waals surface area contributed by atoms with Crippen molar-refractivity contribution in [2.24, 2.45) is 11.8 Å². The third-order valence-electron chi connectivity index (χ3n) is 3.27. The predicted octanol–water partition coefficient (Wildman–Crippen LogP) is 2.98. The zero-order chi connectivity index (χ0) is 12.4. The van der Waals surface area contributed by atoms with Gasteiger partial charge in [0.2, 0.25) is 0 Å². The van der Waals surface area contributed by atoms with Gasteiger partial charge in [0.15, 0.2) is 0 Å². The van der Waals surface area contributed by atoms with E-state index in [4.69, 9.17) is 5.11 Å². The van der Waals surface area contributed by atoms with E-state index in [2.05, 4.69) is 12.2 Å². The number of aromatic carboxylic acids is 1. The van der Waals surface area contributed by atoms with Gasteiger partial charge < -0.3 is 10.4 Å². The highest BCUT2D eigenvalue weighted by Gasteiger charge is 2.27. The van der Waals surface area contributed by atoms with Gasteiger partial charge in [-0.2, -0.15) is 0 Å². The molecule has 4 heteroatoms. The second kappa shape index (κ2) is 4.73. The Morgan fingerprint density at radius 1 is 1.59 bits per heavy atom. The van der Waals surface area contributed by atoms with E-state index in [0.29, 0.717) is 18.2 Å². The fourth-order valence-electron chi connectivity index (χ4n) is 1.99. The largest absolute Gasteiger partial charge is 0.478 e. The van der Waals surface area contributed by atoms with Gasteiger partial charge >= 0.3 is 5.97 Å². The van der Waals surface area contributed by atoms with E-state index in [0.717, 1.165) is 5.92 Å². The van der Waals surface area contributed by atoms with Crippen molar-refractivity contribution in [3.8, 4) is 0 Å². The van der Waals surface area contributed by atoms with Crippen LogP contribution in [0.3, 0.4) is 0 Å². The van der Waals surface area contributed by atoms with Crippen LogP contribution in [0.4, 0.5) is 10.1 Å². The molecule has 3 nitrogen and oxygen atoms in total. The zero-order valence-corrected chi connectivity index (χ0v) is 9.74. The summed E-state index contributed by atoms with van der Waals surface area (Å²) in [6.07, 6.45) is 2.50. The number of carbonyl (C=O) groups is 1. The van der Waals surface area contributed by atoms with E-state index in [1.807, 2.05) is 0 Å². The molecular weight excluding hydrogens is 221 g/mol. The standard InChI is InChI=1S/C13H16FNO2/c1-8(9-5-6-9)7-15-11-4-2-3-10(14)12(11)13(16)17/h2-4,8-9,15H,5-7H2,1H3,(H,16,17). The second-order valence-corrected chi connectivity index (χ2v) is 4.66. The molecule has 0 heterocycles. The lowest BCUT2D eigenvalue weighted by Crippen LogP contribution is -2.15. The molecule has 1 fully saturated rings. The van der Waals surface area contributed by atoms with Crippen molar-refractivity contribution in [1.29, 1.82) is 0 Å². The smallest absolute Gasteiger partial charge is 0.340 e. The minimum atomic E-state index is -1.23. The molecule has 2 rings (SSSR count). The van der Waals surface area contributed by atoms with Crippen molar-refractivity contribution < 1.29 is 14.3 Å². The third kappa shape index (κ3) is 2.75. The lowest BCUT2D eigenvalue weighted by atomic mass is 10.1. The Bertz CT molecular complexity index is 429. The molecule has 0 spiro atoms. The molecule has 0 bridgehead atoms. The summed E-state index contributed by atoms with van der Waals surface area (Å²) in [6.45, 7) is 2.82. The van der Waals surface area contributed by atoms with Gasteiger partial charge in [-0.15, -0.1) is 0 Å². The number of halogens is 1. The molecule has 0 aromatic heterocycles. The molecule has 1 aromatic rings. The Morgan fingerprint density at radius 3 is 2.88 bits per heavy atom. The number of benzene rings is 1. The molecule has 0 radical (unpaired) electrons. The number of carboxylic acid groups (broad SMARTS) is 1. The minimum Gasteiger partial charge on any atom is -0.478 e. The van der Waals surface area contributed by atoms with E-state index in [9.17, 15) is 9.18 Å². The molecule has 1 aliphatic carbocycles. The average molecular weight is 237 g/mol. The van der Waals surface area contributed by atoms with Crippen LogP contribution in [0.5, 0.6) is 0 Å². The quantitative estimate of drug-likeness (QED) is 0.827. The van der Waals surface area contributed by atoms with Crippen molar-refractivity contribution in [2.45, 2.75) is 19.8 Å². The Hall–Kier alpha value is -1.58. The van der Waals surface area contributed by atoms with Gasteiger partial charge in [0, 0.05) is 6.54 Å². The summed E-state index contributed by atoms with van der Waals surface area (Å²) in [5.41, 5.74) is 0.0977. The van der Waals surface area contributed by atoms with Gasteiger partial charge in [0.25, 0.3) is 0 Å². The maximum atomic E-state index is 13.4. The van der Waals surface area contributed by atoms with Crippen LogP contribution < -0.4 is 5.32 Å². The van der Waals surface area contributed by atoms with Crippen LogP contribution in [-0.2, 0) is 0 Å². The Balaban J connectivity index is 2.08. The molecule has 1 aliphatic rings. The molecule has 0 aliphatic heterocycles. The van der Waals surface area contributed by atoms with Crippen LogP contribution in [-0.4, -0.2) is 17.6 Å². The van der Waals surface area contributed by atoms with E-state index in [-0.39, 0.29) is 5.56 Å². The molecule has 2 N–H and O–H groups in total. The van der Waals surface area contributed by atoms with Gasteiger partial charge in [-0.05, 0) is 36.8 Å². The van der Waals surface area contributed by atoms with E-state index >= 15 is 0 Å². The first-order valence-electron chi connectivity index (χ1n) is 5.85. The number of nitrogens with one attached hydrogen (secondary N) is 1. The molecular formula is C13H16FNO2. The van der Waals surface area contributed by atoms with Crippen LogP contribution in [0.25, 0.3) is 0 Å². The molecule has 1 saturated carbocycles. The summed E-state index contributed by atoms with van der Waals surface area (Å²) in [5, 5.41) is 12.0. The zero-order valence-electron chi connectivity index (χ0n) is 9.74. The minimum absolute atomic E-state index is 0.268. The van der Waals surface area contributed by atoms with Gasteiger partial charge in [0.05, 0.1) is 5.69 Å². The van der Waals surface area contributed by atoms with Crippen molar-refractivity contribution in [2.75, 3.05) is 11.9 Å². The fraction of sp³-hybridized carbons (Fsp3) is 0.462. The highest BCUT2D eigenvalue weighted by molar-refractivity contribution is 5.94. The van der Waals surface area contributed by atoms with Crippen LogP contribution in [0.2, 0.25) is 0 Å². The fourth-order valence-corrected chi connectivity index (χ4v) is 1.99. The molecule has 17 heavy (non-hydrogen) atoms. The van der Waals surface area contributed by atoms with E-state index in [1.54, 1.807) is 6.07 Å². The Kier molecular flexibility index (Phi) is 3.31. The summed E-state index contributed by atoms with van der Waals surface area (Å²) in [6, 6.07) is 4.29. The van der Waals surface area contributed by atoms with Gasteiger partial charge in [-0.1, -0.05) is 13.0 Å². The van der Waals surface area contributed by atoms with E-state index < -0.39 is 11.8 Å². The lowest BCUT2D eigenvalue weighted by molar-refractivity contribution is 0.0693. The highest BCUT2D eigenvalue weighted by Crippen LogP contribution is 2.36. The van der Waals surface area contributed by atoms with Crippen molar-refractivity contribution in [3.05, 3.63) is 29.6 Å². The average Bonchev–Trinajstić information content (AvgIpc) is 3.08. The normalized spacial score (nSPS) is 16.6. The predicted molar refractivity (Wildman–Crippen MR) is 63.7 cm³/mol. The lowest BCUT2D eigenvalue weighted by Gasteiger charge is -2.14. The van der Waals surface area contributed by atoms with Crippen molar-refractivity contribution in [3.63, 3.8) is 0 Å². The SMILES string of the molecule is CC(CNc1cccc(F)c1C(=O)O)C1CC1. The van der Waals surface area contributed by atoms with Gasteiger partial charge in [-0.25, -0.2) is 9.18 Å². The number of carboxylic acids is 1. The first-order chi connectivity index (χ1) is 8.09. The number of rotatable bonds is 5. The van der Waals surface area contributed by atoms with Crippen LogP contribution in [0.15, 0.2) is 18.2 Å². The van der Waals surface area contributed by atoms with Crippen molar-refractivity contribution >= 4 is 11.7 Å². The second-order valence-electron chi connectivity index (χ2n) is 4.66. The van der Waals surface area contributed by atoms with Gasteiger partial charge in [0.1, 0.15) is 11.4 Å². The first-order valence-corrected chi connectivity index (χ1v) is 5.85. The highest BCUT2D eigenvalue weighted by atomic mass is 19.1. The number of hydrogen-bond donors (Lipinski definition) is 2. The van der Waals surface area contributed by atoms with Gasteiger partial charge in [-0.3, -0.25) is 0 Å². The summed E-state index contributed by atoms with van der Waals surface area (Å²) in [5.74, 6) is -0.685. The molecule has 0 amide bonds. The summed E-state index contributed by atoms with van der Waals surface area (Å²) in [4.78, 5) is 11.0. The number of hydrogen-bond acceptors (Lipinski definition) is 2. The molecule has 92 valence electrons. The Labute approximate surface area is 99.7 Å². The third-order valence-corrected chi connectivity index (χ3v) is 3.27.